The monoisotopic (exact) mass is 295 g/mol. The molecule has 2 atom stereocenters. The van der Waals surface area contributed by atoms with Gasteiger partial charge in [0.05, 0.1) is 19.4 Å². The molecule has 1 fully saturated rings. The fourth-order valence-corrected chi connectivity index (χ4v) is 2.45. The van der Waals surface area contributed by atoms with Gasteiger partial charge in [0.2, 0.25) is 5.91 Å². The van der Waals surface area contributed by atoms with Gasteiger partial charge in [0, 0.05) is 12.5 Å². The number of nitrogens with one attached hydrogen (secondary N) is 1. The van der Waals surface area contributed by atoms with Crippen molar-refractivity contribution in [3.63, 3.8) is 0 Å². The average Bonchev–Trinajstić information content (AvgIpc) is 2.60. The highest BCUT2D eigenvalue weighted by atomic mass is 19.4. The number of amides is 1. The van der Waals surface area contributed by atoms with Crippen molar-refractivity contribution in [1.29, 1.82) is 0 Å². The van der Waals surface area contributed by atoms with Crippen LogP contribution in [0, 0.1) is 5.92 Å². The Bertz CT molecular complexity index is 344. The Hall–Kier alpha value is -1.27. The smallest absolute Gasteiger partial charge is 0.389 e. The van der Waals surface area contributed by atoms with Crippen LogP contribution in [0.1, 0.15) is 44.9 Å². The summed E-state index contributed by atoms with van der Waals surface area (Å²) in [6, 6.07) is -0.425. The van der Waals surface area contributed by atoms with Gasteiger partial charge in [0.25, 0.3) is 0 Å². The maximum Gasteiger partial charge on any atom is 0.389 e. The molecular formula is C13H20F3NO3. The van der Waals surface area contributed by atoms with Crippen LogP contribution in [0.4, 0.5) is 13.2 Å². The van der Waals surface area contributed by atoms with Crippen LogP contribution in [0.3, 0.4) is 0 Å². The lowest BCUT2D eigenvalue weighted by Gasteiger charge is -2.24. The molecular weight excluding hydrogens is 275 g/mol. The van der Waals surface area contributed by atoms with Crippen LogP contribution < -0.4 is 5.32 Å². The van der Waals surface area contributed by atoms with E-state index >= 15 is 0 Å². The molecule has 4 nitrogen and oxygen atoms in total. The number of hydrogen-bond donors (Lipinski definition) is 1. The van der Waals surface area contributed by atoms with Crippen molar-refractivity contribution in [1.82, 2.24) is 5.32 Å². The number of hydrogen-bond acceptors (Lipinski definition) is 3. The summed E-state index contributed by atoms with van der Waals surface area (Å²) in [5.41, 5.74) is 0. The van der Waals surface area contributed by atoms with Crippen LogP contribution >= 0.6 is 0 Å². The molecule has 20 heavy (non-hydrogen) atoms. The molecule has 0 aromatic rings. The Balaban J connectivity index is 2.56. The quantitative estimate of drug-likeness (QED) is 0.640. The lowest BCUT2D eigenvalue weighted by atomic mass is 9.94. The zero-order valence-corrected chi connectivity index (χ0v) is 11.5. The third kappa shape index (κ3) is 5.79. The van der Waals surface area contributed by atoms with Gasteiger partial charge in [-0.15, -0.1) is 0 Å². The van der Waals surface area contributed by atoms with Crippen LogP contribution in [0.15, 0.2) is 0 Å². The van der Waals surface area contributed by atoms with E-state index in [2.05, 4.69) is 5.32 Å². The number of ether oxygens (including phenoxy) is 1. The molecule has 116 valence electrons. The molecule has 7 heteroatoms. The summed E-state index contributed by atoms with van der Waals surface area (Å²) >= 11 is 0. The number of esters is 1. The molecule has 0 aromatic carbocycles. The standard InChI is InChI=1S/C13H20F3NO3/c1-20-12(19)9-5-3-2-4-6-10(9)17-11(18)7-8-13(14,15)16/h9-10H,2-8H2,1H3,(H,17,18)/t9-,10-/m0/s1. The molecule has 0 heterocycles. The molecule has 1 aliphatic carbocycles. The Morgan fingerprint density at radius 3 is 2.45 bits per heavy atom. The zero-order valence-electron chi connectivity index (χ0n) is 11.5. The van der Waals surface area contributed by atoms with Gasteiger partial charge in [0.15, 0.2) is 0 Å². The predicted molar refractivity (Wildman–Crippen MR) is 65.8 cm³/mol. The number of halogens is 3. The largest absolute Gasteiger partial charge is 0.469 e. The lowest BCUT2D eigenvalue weighted by molar-refractivity contribution is -0.148. The van der Waals surface area contributed by atoms with E-state index in [1.807, 2.05) is 0 Å². The maximum atomic E-state index is 12.1. The molecule has 0 aromatic heterocycles. The second kappa shape index (κ2) is 7.50. The van der Waals surface area contributed by atoms with Crippen molar-refractivity contribution < 1.29 is 27.5 Å². The third-order valence-electron chi connectivity index (χ3n) is 3.50. The number of carbonyl (C=O) groups is 2. The van der Waals surface area contributed by atoms with Crippen LogP contribution in [0.25, 0.3) is 0 Å². The molecule has 0 bridgehead atoms. The summed E-state index contributed by atoms with van der Waals surface area (Å²) in [6.45, 7) is 0. The van der Waals surface area contributed by atoms with E-state index in [-0.39, 0.29) is 0 Å². The second-order valence-corrected chi connectivity index (χ2v) is 5.06. The Labute approximate surface area is 116 Å². The summed E-state index contributed by atoms with van der Waals surface area (Å²) in [6.07, 6.45) is -2.26. The first-order chi connectivity index (χ1) is 9.33. The van der Waals surface area contributed by atoms with Crippen molar-refractivity contribution >= 4 is 11.9 Å². The molecule has 0 radical (unpaired) electrons. The summed E-state index contributed by atoms with van der Waals surface area (Å²) in [4.78, 5) is 23.2. The van der Waals surface area contributed by atoms with E-state index in [0.29, 0.717) is 12.8 Å². The van der Waals surface area contributed by atoms with Gasteiger partial charge >= 0.3 is 12.1 Å². The van der Waals surface area contributed by atoms with Crippen molar-refractivity contribution in [2.24, 2.45) is 5.92 Å². The van der Waals surface area contributed by atoms with Crippen LogP contribution in [0.2, 0.25) is 0 Å². The molecule has 0 aliphatic heterocycles. The van der Waals surface area contributed by atoms with Gasteiger partial charge in [-0.1, -0.05) is 19.3 Å². The van der Waals surface area contributed by atoms with Gasteiger partial charge < -0.3 is 10.1 Å². The van der Waals surface area contributed by atoms with Crippen molar-refractivity contribution in [3.05, 3.63) is 0 Å². The number of alkyl halides is 3. The highest BCUT2D eigenvalue weighted by Gasteiger charge is 2.33. The highest BCUT2D eigenvalue weighted by Crippen LogP contribution is 2.25. The van der Waals surface area contributed by atoms with Crippen molar-refractivity contribution in [3.8, 4) is 0 Å². The SMILES string of the molecule is COC(=O)[C@H]1CCCCC[C@@H]1NC(=O)CCC(F)(F)F. The maximum absolute atomic E-state index is 12.1. The summed E-state index contributed by atoms with van der Waals surface area (Å²) in [7, 11) is 1.27. The summed E-state index contributed by atoms with van der Waals surface area (Å²) < 4.78 is 40.9. The normalized spacial score (nSPS) is 23.8. The highest BCUT2D eigenvalue weighted by molar-refractivity contribution is 5.78. The van der Waals surface area contributed by atoms with E-state index in [1.165, 1.54) is 7.11 Å². The summed E-state index contributed by atoms with van der Waals surface area (Å²) in [5.74, 6) is -1.53. The first kappa shape index (κ1) is 16.8. The van der Waals surface area contributed by atoms with E-state index in [4.69, 9.17) is 4.74 Å². The lowest BCUT2D eigenvalue weighted by Crippen LogP contribution is -2.43. The van der Waals surface area contributed by atoms with Crippen molar-refractivity contribution in [2.45, 2.75) is 57.2 Å². The van der Waals surface area contributed by atoms with Crippen LogP contribution in [-0.2, 0) is 14.3 Å². The molecule has 0 spiro atoms. The van der Waals surface area contributed by atoms with E-state index in [0.717, 1.165) is 19.3 Å². The van der Waals surface area contributed by atoms with Crippen molar-refractivity contribution in [2.75, 3.05) is 7.11 Å². The fraction of sp³-hybridized carbons (Fsp3) is 0.846. The molecule has 1 N–H and O–H groups in total. The second-order valence-electron chi connectivity index (χ2n) is 5.06. The van der Waals surface area contributed by atoms with Gasteiger partial charge in [0.1, 0.15) is 0 Å². The van der Waals surface area contributed by atoms with Gasteiger partial charge in [-0.25, -0.2) is 0 Å². The first-order valence-corrected chi connectivity index (χ1v) is 6.77. The van der Waals surface area contributed by atoms with E-state index in [9.17, 15) is 22.8 Å². The Morgan fingerprint density at radius 2 is 1.85 bits per heavy atom. The molecule has 0 unspecified atom stereocenters. The molecule has 1 saturated carbocycles. The summed E-state index contributed by atoms with van der Waals surface area (Å²) in [5, 5.41) is 2.56. The van der Waals surface area contributed by atoms with Crippen LogP contribution in [0.5, 0.6) is 0 Å². The molecule has 1 aliphatic rings. The van der Waals surface area contributed by atoms with E-state index in [1.54, 1.807) is 0 Å². The first-order valence-electron chi connectivity index (χ1n) is 6.77. The van der Waals surface area contributed by atoms with Gasteiger partial charge in [-0.05, 0) is 12.8 Å². The van der Waals surface area contributed by atoms with Crippen LogP contribution in [-0.4, -0.2) is 31.2 Å². The third-order valence-corrected chi connectivity index (χ3v) is 3.50. The minimum absolute atomic E-state index is 0.409. The predicted octanol–water partition coefficient (Wildman–Crippen LogP) is 2.57. The zero-order chi connectivity index (χ0) is 15.2. The van der Waals surface area contributed by atoms with Gasteiger partial charge in [-0.2, -0.15) is 13.2 Å². The molecule has 1 amide bonds. The average molecular weight is 295 g/mol. The Morgan fingerprint density at radius 1 is 1.20 bits per heavy atom. The van der Waals surface area contributed by atoms with Gasteiger partial charge in [-0.3, -0.25) is 9.59 Å². The minimum Gasteiger partial charge on any atom is -0.469 e. The molecule has 1 rings (SSSR count). The number of carbonyl (C=O) groups excluding carboxylic acids is 2. The van der Waals surface area contributed by atoms with E-state index < -0.39 is 42.9 Å². The molecule has 0 saturated heterocycles. The number of methoxy groups -OCH3 is 1. The minimum atomic E-state index is -4.34. The fourth-order valence-electron chi connectivity index (χ4n) is 2.45. The topological polar surface area (TPSA) is 55.4 Å². The Kier molecular flexibility index (Phi) is 6.29. The number of rotatable bonds is 4.